The highest BCUT2D eigenvalue weighted by Gasteiger charge is 2.24. The molecule has 0 aliphatic heterocycles. The lowest BCUT2D eigenvalue weighted by atomic mass is 9.82. The first-order valence-electron chi connectivity index (χ1n) is 6.96. The van der Waals surface area contributed by atoms with E-state index < -0.39 is 10.0 Å². The summed E-state index contributed by atoms with van der Waals surface area (Å²) < 4.78 is 32.2. The maximum atomic E-state index is 12.1. The van der Waals surface area contributed by atoms with E-state index in [4.69, 9.17) is 4.42 Å². The molecule has 0 aliphatic rings. The molecular formula is C14H26N2O3S. The van der Waals surface area contributed by atoms with E-state index in [0.29, 0.717) is 18.8 Å². The van der Waals surface area contributed by atoms with Gasteiger partial charge in [0.15, 0.2) is 0 Å². The summed E-state index contributed by atoms with van der Waals surface area (Å²) in [4.78, 5) is 0. The highest BCUT2D eigenvalue weighted by molar-refractivity contribution is 7.89. The van der Waals surface area contributed by atoms with Gasteiger partial charge >= 0.3 is 0 Å². The molecule has 1 heterocycles. The Labute approximate surface area is 122 Å². The van der Waals surface area contributed by atoms with Crippen molar-refractivity contribution >= 4 is 10.0 Å². The van der Waals surface area contributed by atoms with Crippen LogP contribution in [0.15, 0.2) is 21.6 Å². The summed E-state index contributed by atoms with van der Waals surface area (Å²) in [5.74, 6) is 0.851. The van der Waals surface area contributed by atoms with Crippen LogP contribution in [-0.2, 0) is 16.6 Å². The molecule has 1 rings (SSSR count). The van der Waals surface area contributed by atoms with Gasteiger partial charge in [-0.1, -0.05) is 34.6 Å². The largest absolute Gasteiger partial charge is 0.447 e. The SMILES string of the molecule is CCNCc1ccc(S(=O)(=O)NCC(C)C(C)(C)C)o1. The van der Waals surface area contributed by atoms with E-state index >= 15 is 0 Å². The van der Waals surface area contributed by atoms with E-state index in [1.165, 1.54) is 6.07 Å². The van der Waals surface area contributed by atoms with Crippen molar-refractivity contribution in [2.75, 3.05) is 13.1 Å². The number of rotatable bonds is 7. The van der Waals surface area contributed by atoms with Crippen molar-refractivity contribution in [3.63, 3.8) is 0 Å². The van der Waals surface area contributed by atoms with Gasteiger partial charge in [0.2, 0.25) is 5.09 Å². The Balaban J connectivity index is 2.67. The molecule has 2 N–H and O–H groups in total. The highest BCUT2D eigenvalue weighted by Crippen LogP contribution is 2.25. The number of hydrogen-bond donors (Lipinski definition) is 2. The van der Waals surface area contributed by atoms with Crippen LogP contribution in [0.4, 0.5) is 0 Å². The quantitative estimate of drug-likeness (QED) is 0.811. The molecule has 0 aromatic carbocycles. The monoisotopic (exact) mass is 302 g/mol. The van der Waals surface area contributed by atoms with Crippen molar-refractivity contribution < 1.29 is 12.8 Å². The van der Waals surface area contributed by atoms with Gasteiger partial charge in [-0.15, -0.1) is 0 Å². The molecule has 0 fully saturated rings. The Kier molecular flexibility index (Phi) is 5.79. The molecule has 0 radical (unpaired) electrons. The second-order valence-electron chi connectivity index (χ2n) is 6.12. The van der Waals surface area contributed by atoms with Crippen molar-refractivity contribution in [2.45, 2.75) is 46.3 Å². The van der Waals surface area contributed by atoms with E-state index in [-0.39, 0.29) is 16.4 Å². The minimum Gasteiger partial charge on any atom is -0.447 e. The van der Waals surface area contributed by atoms with Gasteiger partial charge in [-0.3, -0.25) is 0 Å². The first-order valence-corrected chi connectivity index (χ1v) is 8.44. The first kappa shape index (κ1) is 17.2. The predicted molar refractivity (Wildman–Crippen MR) is 79.9 cm³/mol. The minimum absolute atomic E-state index is 0.0217. The Hall–Kier alpha value is -0.850. The molecule has 1 aromatic rings. The van der Waals surface area contributed by atoms with Gasteiger partial charge in [-0.2, -0.15) is 0 Å². The van der Waals surface area contributed by atoms with Crippen molar-refractivity contribution in [2.24, 2.45) is 11.3 Å². The summed E-state index contributed by atoms with van der Waals surface area (Å²) in [6, 6.07) is 3.18. The average molecular weight is 302 g/mol. The van der Waals surface area contributed by atoms with Gasteiger partial charge in [-0.25, -0.2) is 13.1 Å². The lowest BCUT2D eigenvalue weighted by molar-refractivity contribution is 0.262. The highest BCUT2D eigenvalue weighted by atomic mass is 32.2. The Morgan fingerprint density at radius 1 is 1.30 bits per heavy atom. The van der Waals surface area contributed by atoms with Crippen molar-refractivity contribution in [1.82, 2.24) is 10.0 Å². The van der Waals surface area contributed by atoms with Crippen LogP contribution in [0.3, 0.4) is 0 Å². The zero-order valence-corrected chi connectivity index (χ0v) is 13.8. The molecule has 0 amide bonds. The van der Waals surface area contributed by atoms with Crippen LogP contribution in [0.5, 0.6) is 0 Å². The fraction of sp³-hybridized carbons (Fsp3) is 0.714. The Bertz CT molecular complexity index is 515. The van der Waals surface area contributed by atoms with E-state index in [0.717, 1.165) is 6.54 Å². The second-order valence-corrected chi connectivity index (χ2v) is 7.82. The van der Waals surface area contributed by atoms with Crippen LogP contribution in [0.2, 0.25) is 0 Å². The summed E-state index contributed by atoms with van der Waals surface area (Å²) in [6.45, 7) is 12.0. The summed E-state index contributed by atoms with van der Waals surface area (Å²) >= 11 is 0. The Morgan fingerprint density at radius 2 is 1.95 bits per heavy atom. The molecular weight excluding hydrogens is 276 g/mol. The molecule has 1 unspecified atom stereocenters. The van der Waals surface area contributed by atoms with E-state index in [1.807, 2.05) is 13.8 Å². The topological polar surface area (TPSA) is 71.3 Å². The first-order chi connectivity index (χ1) is 9.16. The standard InChI is InChI=1S/C14H26N2O3S/c1-6-15-10-12-7-8-13(19-12)20(17,18)16-9-11(2)14(3,4)5/h7-8,11,15-16H,6,9-10H2,1-5H3. The van der Waals surface area contributed by atoms with Gasteiger partial charge in [0.1, 0.15) is 5.76 Å². The third-order valence-electron chi connectivity index (χ3n) is 3.51. The third-order valence-corrected chi connectivity index (χ3v) is 4.80. The summed E-state index contributed by atoms with van der Waals surface area (Å²) in [5.41, 5.74) is 0.0574. The second kappa shape index (κ2) is 6.74. The average Bonchev–Trinajstić information content (AvgIpc) is 2.81. The minimum atomic E-state index is -3.56. The molecule has 20 heavy (non-hydrogen) atoms. The molecule has 0 bridgehead atoms. The lowest BCUT2D eigenvalue weighted by Crippen LogP contribution is -2.33. The summed E-state index contributed by atoms with van der Waals surface area (Å²) in [6.07, 6.45) is 0. The number of furan rings is 1. The zero-order valence-electron chi connectivity index (χ0n) is 13.0. The van der Waals surface area contributed by atoms with Crippen molar-refractivity contribution in [3.8, 4) is 0 Å². The molecule has 0 spiro atoms. The van der Waals surface area contributed by atoms with Gasteiger partial charge < -0.3 is 9.73 Å². The maximum Gasteiger partial charge on any atom is 0.273 e. The summed E-state index contributed by atoms with van der Waals surface area (Å²) in [7, 11) is -3.56. The van der Waals surface area contributed by atoms with Crippen LogP contribution in [0, 0.1) is 11.3 Å². The molecule has 5 nitrogen and oxygen atoms in total. The van der Waals surface area contributed by atoms with Crippen LogP contribution in [0.1, 0.15) is 40.4 Å². The molecule has 6 heteroatoms. The van der Waals surface area contributed by atoms with Crippen LogP contribution >= 0.6 is 0 Å². The van der Waals surface area contributed by atoms with Crippen LogP contribution in [-0.4, -0.2) is 21.5 Å². The van der Waals surface area contributed by atoms with Gasteiger partial charge in [0.25, 0.3) is 10.0 Å². The van der Waals surface area contributed by atoms with E-state index in [9.17, 15) is 8.42 Å². The third kappa shape index (κ3) is 4.92. The smallest absolute Gasteiger partial charge is 0.273 e. The summed E-state index contributed by atoms with van der Waals surface area (Å²) in [5, 5.41) is 3.07. The molecule has 0 aliphatic carbocycles. The fourth-order valence-electron chi connectivity index (χ4n) is 1.46. The fourth-order valence-corrected chi connectivity index (χ4v) is 2.53. The maximum absolute atomic E-state index is 12.1. The number of hydrogen-bond acceptors (Lipinski definition) is 4. The van der Waals surface area contributed by atoms with Gasteiger partial charge in [0, 0.05) is 6.54 Å². The van der Waals surface area contributed by atoms with Crippen molar-refractivity contribution in [1.29, 1.82) is 0 Å². The van der Waals surface area contributed by atoms with Gasteiger partial charge in [-0.05, 0) is 30.0 Å². The Morgan fingerprint density at radius 3 is 2.50 bits per heavy atom. The number of sulfonamides is 1. The van der Waals surface area contributed by atoms with Crippen LogP contribution < -0.4 is 10.0 Å². The van der Waals surface area contributed by atoms with Gasteiger partial charge in [0.05, 0.1) is 6.54 Å². The lowest BCUT2D eigenvalue weighted by Gasteiger charge is -2.27. The number of nitrogens with one attached hydrogen (secondary N) is 2. The molecule has 0 saturated carbocycles. The van der Waals surface area contributed by atoms with E-state index in [2.05, 4.69) is 30.8 Å². The van der Waals surface area contributed by atoms with E-state index in [1.54, 1.807) is 6.07 Å². The van der Waals surface area contributed by atoms with Crippen LogP contribution in [0.25, 0.3) is 0 Å². The zero-order chi connectivity index (χ0) is 15.4. The molecule has 116 valence electrons. The molecule has 0 saturated heterocycles. The normalized spacial score (nSPS) is 14.4. The molecule has 1 atom stereocenters. The van der Waals surface area contributed by atoms with Crippen molar-refractivity contribution in [3.05, 3.63) is 17.9 Å². The molecule has 1 aromatic heterocycles. The predicted octanol–water partition coefficient (Wildman–Crippen LogP) is 2.35.